The molecule has 0 unspecified atom stereocenters. The highest BCUT2D eigenvalue weighted by molar-refractivity contribution is 6.53. The molecule has 20 heavy (non-hydrogen) atoms. The van der Waals surface area contributed by atoms with Crippen molar-refractivity contribution >= 4 is 40.8 Å². The molecular weight excluding hydrogens is 305 g/mol. The lowest BCUT2D eigenvalue weighted by atomic mass is 10.1. The molecule has 0 aliphatic heterocycles. The van der Waals surface area contributed by atoms with Crippen LogP contribution in [0.1, 0.15) is 20.3 Å². The lowest BCUT2D eigenvalue weighted by Crippen LogP contribution is -2.41. The first-order valence-electron chi connectivity index (χ1n) is 6.17. The highest BCUT2D eigenvalue weighted by Crippen LogP contribution is 2.10. The molecule has 0 saturated carbocycles. The molecule has 1 heterocycles. The van der Waals surface area contributed by atoms with E-state index in [1.165, 1.54) is 17.2 Å². The van der Waals surface area contributed by atoms with Crippen molar-refractivity contribution in [3.8, 4) is 0 Å². The normalized spacial score (nSPS) is 10.9. The van der Waals surface area contributed by atoms with Crippen molar-refractivity contribution in [2.24, 2.45) is 5.92 Å². The van der Waals surface area contributed by atoms with E-state index in [9.17, 15) is 9.59 Å². The van der Waals surface area contributed by atoms with E-state index in [0.29, 0.717) is 18.3 Å². The first kappa shape index (κ1) is 16.8. The Kier molecular flexibility index (Phi) is 6.81. The minimum Gasteiger partial charge on any atom is -0.363 e. The van der Waals surface area contributed by atoms with Crippen molar-refractivity contribution in [1.82, 2.24) is 10.1 Å². The van der Waals surface area contributed by atoms with Crippen LogP contribution >= 0.6 is 23.2 Å². The van der Waals surface area contributed by atoms with E-state index >= 15 is 0 Å². The van der Waals surface area contributed by atoms with Gasteiger partial charge in [-0.25, -0.2) is 0 Å². The molecule has 0 atom stereocenters. The Hall–Kier alpha value is -1.27. The number of nitrogens with zero attached hydrogens (tertiary/aromatic N) is 2. The molecule has 0 spiro atoms. The Morgan fingerprint density at radius 2 is 2.15 bits per heavy atom. The van der Waals surface area contributed by atoms with Crippen LogP contribution in [0, 0.1) is 5.92 Å². The number of hydrogen-bond acceptors (Lipinski definition) is 4. The van der Waals surface area contributed by atoms with Crippen molar-refractivity contribution in [2.45, 2.75) is 25.1 Å². The van der Waals surface area contributed by atoms with E-state index in [1.807, 2.05) is 13.8 Å². The van der Waals surface area contributed by atoms with Gasteiger partial charge in [-0.05, 0) is 12.3 Å². The fraction of sp³-hybridized carbons (Fsp3) is 0.583. The number of halogens is 2. The first-order valence-corrected chi connectivity index (χ1v) is 7.04. The average molecular weight is 322 g/mol. The van der Waals surface area contributed by atoms with Crippen LogP contribution in [0.25, 0.3) is 0 Å². The lowest BCUT2D eigenvalue weighted by Gasteiger charge is -2.23. The van der Waals surface area contributed by atoms with Gasteiger partial charge >= 0.3 is 0 Å². The number of rotatable bonds is 7. The molecule has 1 N–H and O–H groups in total. The molecule has 1 rings (SSSR count). The van der Waals surface area contributed by atoms with E-state index in [2.05, 4.69) is 15.0 Å². The number of alkyl halides is 2. The van der Waals surface area contributed by atoms with Crippen LogP contribution in [0.4, 0.5) is 5.82 Å². The number of nitrogens with one attached hydrogen (secondary N) is 1. The van der Waals surface area contributed by atoms with Crippen LogP contribution in [0.2, 0.25) is 0 Å². The maximum atomic E-state index is 11.8. The molecule has 112 valence electrons. The minimum absolute atomic E-state index is 0.131. The summed E-state index contributed by atoms with van der Waals surface area (Å²) in [4.78, 5) is 23.8. The van der Waals surface area contributed by atoms with E-state index < -0.39 is 10.7 Å². The molecule has 2 amide bonds. The minimum atomic E-state index is -1.18. The second-order valence-electron chi connectivity index (χ2n) is 4.68. The number of carbonyl (C=O) groups is 2. The highest BCUT2D eigenvalue weighted by Gasteiger charge is 2.22. The Morgan fingerprint density at radius 1 is 1.45 bits per heavy atom. The molecule has 6 nitrogen and oxygen atoms in total. The van der Waals surface area contributed by atoms with E-state index in [-0.39, 0.29) is 12.5 Å². The Labute approximate surface area is 127 Å². The number of carbonyl (C=O) groups excluding carboxylic acids is 2. The quantitative estimate of drug-likeness (QED) is 0.782. The molecule has 0 fully saturated rings. The summed E-state index contributed by atoms with van der Waals surface area (Å²) in [6.45, 7) is 4.33. The van der Waals surface area contributed by atoms with Gasteiger partial charge in [0, 0.05) is 12.6 Å². The SMILES string of the molecule is CC(C)CCN(CC(=O)Nc1ccon1)C(=O)C(Cl)Cl. The largest absolute Gasteiger partial charge is 0.363 e. The zero-order valence-electron chi connectivity index (χ0n) is 11.3. The average Bonchev–Trinajstić information content (AvgIpc) is 2.85. The van der Waals surface area contributed by atoms with Crippen molar-refractivity contribution in [1.29, 1.82) is 0 Å². The maximum absolute atomic E-state index is 11.8. The van der Waals surface area contributed by atoms with Gasteiger partial charge in [0.05, 0.1) is 6.54 Å². The van der Waals surface area contributed by atoms with Crippen molar-refractivity contribution < 1.29 is 14.1 Å². The summed E-state index contributed by atoms with van der Waals surface area (Å²) in [5, 5.41) is 6.07. The topological polar surface area (TPSA) is 75.4 Å². The van der Waals surface area contributed by atoms with Gasteiger partial charge in [0.25, 0.3) is 5.91 Å². The Morgan fingerprint density at radius 3 is 2.65 bits per heavy atom. The third-order valence-corrected chi connectivity index (χ3v) is 2.89. The lowest BCUT2D eigenvalue weighted by molar-refractivity contribution is -0.133. The van der Waals surface area contributed by atoms with Crippen LogP contribution < -0.4 is 5.32 Å². The van der Waals surface area contributed by atoms with Gasteiger partial charge in [-0.1, -0.05) is 42.2 Å². The molecule has 0 aromatic carbocycles. The van der Waals surface area contributed by atoms with Gasteiger partial charge < -0.3 is 14.7 Å². The molecule has 0 radical (unpaired) electrons. The molecule has 0 aliphatic rings. The van der Waals surface area contributed by atoms with E-state index in [1.54, 1.807) is 0 Å². The van der Waals surface area contributed by atoms with Gasteiger partial charge in [0.2, 0.25) is 5.91 Å². The van der Waals surface area contributed by atoms with E-state index in [4.69, 9.17) is 23.2 Å². The smallest absolute Gasteiger partial charge is 0.256 e. The summed E-state index contributed by atoms with van der Waals surface area (Å²) in [5.74, 6) is -0.179. The summed E-state index contributed by atoms with van der Waals surface area (Å²) in [6, 6.07) is 1.50. The van der Waals surface area contributed by atoms with Gasteiger partial charge in [-0.2, -0.15) is 0 Å². The zero-order valence-corrected chi connectivity index (χ0v) is 12.8. The third kappa shape index (κ3) is 5.79. The van der Waals surface area contributed by atoms with Crippen molar-refractivity contribution in [2.75, 3.05) is 18.4 Å². The Bertz CT molecular complexity index is 435. The second-order valence-corrected chi connectivity index (χ2v) is 5.77. The summed E-state index contributed by atoms with van der Waals surface area (Å²) in [6.07, 6.45) is 2.09. The van der Waals surface area contributed by atoms with Gasteiger partial charge in [0.1, 0.15) is 6.26 Å². The predicted molar refractivity (Wildman–Crippen MR) is 76.7 cm³/mol. The number of aromatic nitrogens is 1. The first-order chi connectivity index (χ1) is 9.40. The summed E-state index contributed by atoms with van der Waals surface area (Å²) in [7, 11) is 0. The Balaban J connectivity index is 2.58. The highest BCUT2D eigenvalue weighted by atomic mass is 35.5. The number of amides is 2. The summed E-state index contributed by atoms with van der Waals surface area (Å²) in [5.41, 5.74) is 0. The van der Waals surface area contributed by atoms with Crippen LogP contribution in [-0.4, -0.2) is 39.8 Å². The predicted octanol–water partition coefficient (Wildman–Crippen LogP) is 2.29. The van der Waals surface area contributed by atoms with Gasteiger partial charge in [-0.3, -0.25) is 9.59 Å². The van der Waals surface area contributed by atoms with E-state index in [0.717, 1.165) is 6.42 Å². The molecule has 8 heteroatoms. The monoisotopic (exact) mass is 321 g/mol. The molecule has 0 aliphatic carbocycles. The second kappa shape index (κ2) is 8.11. The molecule has 1 aromatic rings. The number of hydrogen-bond donors (Lipinski definition) is 1. The van der Waals surface area contributed by atoms with Gasteiger partial charge in [-0.15, -0.1) is 0 Å². The van der Waals surface area contributed by atoms with Crippen LogP contribution in [0.15, 0.2) is 16.9 Å². The molecule has 0 bridgehead atoms. The fourth-order valence-electron chi connectivity index (χ4n) is 1.45. The number of anilines is 1. The third-order valence-electron chi connectivity index (χ3n) is 2.51. The standard InChI is InChI=1S/C12H17Cl2N3O3/c1-8(2)3-5-17(12(19)11(13)14)7-10(18)15-9-4-6-20-16-9/h4,6,8,11H,3,5,7H2,1-2H3,(H,15,16,18). The van der Waals surface area contributed by atoms with Crippen LogP contribution in [-0.2, 0) is 9.59 Å². The van der Waals surface area contributed by atoms with Gasteiger partial charge in [0.15, 0.2) is 10.7 Å². The molecule has 1 aromatic heterocycles. The van der Waals surface area contributed by atoms with Crippen LogP contribution in [0.3, 0.4) is 0 Å². The fourth-order valence-corrected chi connectivity index (χ4v) is 1.73. The summed E-state index contributed by atoms with van der Waals surface area (Å²) < 4.78 is 4.60. The maximum Gasteiger partial charge on any atom is 0.256 e. The van der Waals surface area contributed by atoms with Crippen molar-refractivity contribution in [3.63, 3.8) is 0 Å². The van der Waals surface area contributed by atoms with Crippen molar-refractivity contribution in [3.05, 3.63) is 12.3 Å². The molecule has 0 saturated heterocycles. The summed E-state index contributed by atoms with van der Waals surface area (Å²) >= 11 is 11.2. The van der Waals surface area contributed by atoms with Crippen LogP contribution in [0.5, 0.6) is 0 Å². The molecular formula is C12H17Cl2N3O3. The zero-order chi connectivity index (χ0) is 15.1.